The van der Waals surface area contributed by atoms with Crippen molar-refractivity contribution in [3.8, 4) is 17.2 Å². The van der Waals surface area contributed by atoms with Gasteiger partial charge in [-0.2, -0.15) is 15.2 Å². The largest absolute Gasteiger partial charge is 0.506 e. The van der Waals surface area contributed by atoms with Gasteiger partial charge >= 0.3 is 0 Å². The molecule has 1 amide bonds. The van der Waals surface area contributed by atoms with E-state index in [1.165, 1.54) is 31.2 Å². The fraction of sp³-hybridized carbons (Fsp3) is 0.0417. The molecule has 0 aliphatic heterocycles. The molecule has 4 rings (SSSR count). The van der Waals surface area contributed by atoms with E-state index in [-0.39, 0.29) is 32.8 Å². The summed E-state index contributed by atoms with van der Waals surface area (Å²) in [7, 11) is -4.18. The highest BCUT2D eigenvalue weighted by atomic mass is 35.5. The summed E-state index contributed by atoms with van der Waals surface area (Å²) in [5.41, 5.74) is -0.0258. The number of carbonyl (C=O) groups is 1. The molecule has 0 aliphatic rings. The summed E-state index contributed by atoms with van der Waals surface area (Å²) < 4.78 is 33.4. The molecule has 0 saturated carbocycles. The van der Waals surface area contributed by atoms with Crippen molar-refractivity contribution in [3.63, 3.8) is 0 Å². The molecule has 0 aliphatic carbocycles. The molecule has 0 spiro atoms. The molecular weight excluding hydrogens is 555 g/mol. The van der Waals surface area contributed by atoms with Crippen molar-refractivity contribution in [2.24, 2.45) is 0 Å². The van der Waals surface area contributed by atoms with E-state index >= 15 is 0 Å². The first-order chi connectivity index (χ1) is 18.1. The van der Waals surface area contributed by atoms with Crippen LogP contribution in [-0.4, -0.2) is 34.6 Å². The average molecular weight is 571 g/mol. The topological polar surface area (TPSA) is 171 Å². The summed E-state index contributed by atoms with van der Waals surface area (Å²) in [6.07, 6.45) is 1.14. The minimum absolute atomic E-state index is 0.0338. The van der Waals surface area contributed by atoms with Crippen molar-refractivity contribution in [2.75, 3.05) is 10.0 Å². The van der Waals surface area contributed by atoms with E-state index in [0.29, 0.717) is 10.6 Å². The monoisotopic (exact) mass is 570 g/mol. The van der Waals surface area contributed by atoms with Crippen LogP contribution < -0.4 is 10.0 Å². The van der Waals surface area contributed by atoms with Crippen LogP contribution in [0.1, 0.15) is 11.3 Å². The third-order valence-electron chi connectivity index (χ3n) is 5.09. The molecule has 2 aromatic heterocycles. The highest BCUT2D eigenvalue weighted by molar-refractivity contribution is 7.92. The zero-order valence-corrected chi connectivity index (χ0v) is 21.6. The van der Waals surface area contributed by atoms with Gasteiger partial charge in [0.05, 0.1) is 22.2 Å². The van der Waals surface area contributed by atoms with Crippen LogP contribution in [0.15, 0.2) is 75.8 Å². The summed E-state index contributed by atoms with van der Waals surface area (Å²) in [6, 6.07) is 15.5. The van der Waals surface area contributed by atoms with Crippen molar-refractivity contribution in [3.05, 3.63) is 87.9 Å². The molecule has 0 radical (unpaired) electrons. The SMILES string of the molecule is Cc1oncc1C(O)=C(C#N)C(=O)Nc1nc(Cl)c(-c2ccccc2)c(NS(=O)(=O)c2ccc(Cl)cc2)n1. The average Bonchev–Trinajstić information content (AvgIpc) is 3.30. The molecular formula is C24H16Cl2N6O5S. The molecule has 2 heterocycles. The van der Waals surface area contributed by atoms with Gasteiger partial charge in [-0.1, -0.05) is 58.7 Å². The van der Waals surface area contributed by atoms with Crippen LogP contribution in [-0.2, 0) is 14.8 Å². The number of aryl methyl sites for hydroxylation is 1. The van der Waals surface area contributed by atoms with Gasteiger partial charge in [0.25, 0.3) is 15.9 Å². The van der Waals surface area contributed by atoms with E-state index in [1.807, 2.05) is 0 Å². The third kappa shape index (κ3) is 5.60. The van der Waals surface area contributed by atoms with Crippen molar-refractivity contribution < 1.29 is 22.8 Å². The first-order valence-electron chi connectivity index (χ1n) is 10.6. The summed E-state index contributed by atoms with van der Waals surface area (Å²) in [5.74, 6) is -2.27. The van der Waals surface area contributed by atoms with Gasteiger partial charge in [-0.05, 0) is 36.8 Å². The van der Waals surface area contributed by atoms with E-state index in [0.717, 1.165) is 6.20 Å². The molecule has 3 N–H and O–H groups in total. The molecule has 0 atom stereocenters. The molecule has 0 saturated heterocycles. The van der Waals surface area contributed by atoms with Gasteiger partial charge in [0.15, 0.2) is 17.2 Å². The molecule has 38 heavy (non-hydrogen) atoms. The Labute approximate surface area is 226 Å². The maximum absolute atomic E-state index is 13.1. The Hall–Kier alpha value is -4.44. The number of aliphatic hydroxyl groups is 1. The van der Waals surface area contributed by atoms with Crippen LogP contribution in [0.5, 0.6) is 0 Å². The zero-order chi connectivity index (χ0) is 27.4. The maximum atomic E-state index is 13.1. The van der Waals surface area contributed by atoms with Gasteiger partial charge in [0.2, 0.25) is 5.95 Å². The Morgan fingerprint density at radius 2 is 1.76 bits per heavy atom. The molecule has 2 aromatic carbocycles. The van der Waals surface area contributed by atoms with Crippen LogP contribution in [0.25, 0.3) is 16.9 Å². The van der Waals surface area contributed by atoms with Crippen LogP contribution >= 0.6 is 23.2 Å². The van der Waals surface area contributed by atoms with Crippen molar-refractivity contribution in [2.45, 2.75) is 11.8 Å². The summed E-state index contributed by atoms with van der Waals surface area (Å²) in [5, 5.41) is 25.8. The van der Waals surface area contributed by atoms with E-state index in [2.05, 4.69) is 25.2 Å². The van der Waals surface area contributed by atoms with Gasteiger partial charge in [0, 0.05) is 5.02 Å². The minimum Gasteiger partial charge on any atom is -0.506 e. The molecule has 4 aromatic rings. The van der Waals surface area contributed by atoms with E-state index in [9.17, 15) is 23.6 Å². The lowest BCUT2D eigenvalue weighted by Gasteiger charge is -2.15. The number of nitrogens with one attached hydrogen (secondary N) is 2. The first kappa shape index (κ1) is 26.6. The number of carbonyl (C=O) groups excluding carboxylic acids is 1. The Morgan fingerprint density at radius 3 is 2.37 bits per heavy atom. The predicted molar refractivity (Wildman–Crippen MR) is 140 cm³/mol. The molecule has 0 fully saturated rings. The second kappa shape index (κ2) is 10.9. The number of benzene rings is 2. The highest BCUT2D eigenvalue weighted by Crippen LogP contribution is 2.35. The van der Waals surface area contributed by atoms with Crippen molar-refractivity contribution >= 4 is 56.7 Å². The highest BCUT2D eigenvalue weighted by Gasteiger charge is 2.24. The van der Waals surface area contributed by atoms with E-state index in [1.54, 1.807) is 36.4 Å². The lowest BCUT2D eigenvalue weighted by atomic mass is 10.1. The van der Waals surface area contributed by atoms with Crippen molar-refractivity contribution in [1.82, 2.24) is 15.1 Å². The summed E-state index contributed by atoms with van der Waals surface area (Å²) in [6.45, 7) is 1.48. The second-order valence-corrected chi connectivity index (χ2v) is 10.0. The van der Waals surface area contributed by atoms with Crippen molar-refractivity contribution in [1.29, 1.82) is 5.26 Å². The Bertz CT molecular complexity index is 1700. The third-order valence-corrected chi connectivity index (χ3v) is 6.97. The fourth-order valence-electron chi connectivity index (χ4n) is 3.26. The first-order valence-corrected chi connectivity index (χ1v) is 12.8. The second-order valence-electron chi connectivity index (χ2n) is 7.57. The quantitative estimate of drug-likeness (QED) is 0.120. The number of aliphatic hydroxyl groups excluding tert-OH is 1. The van der Waals surface area contributed by atoms with Gasteiger partial charge < -0.3 is 9.63 Å². The number of nitrogens with zero attached hydrogens (tertiary/aromatic N) is 4. The van der Waals surface area contributed by atoms with Crippen LogP contribution in [0.3, 0.4) is 0 Å². The number of rotatable bonds is 7. The number of nitriles is 1. The van der Waals surface area contributed by atoms with Crippen LogP contribution in [0.2, 0.25) is 10.2 Å². The standard InChI is InChI=1S/C24H16Cl2N6O5S/c1-13-18(12-28-37-13)20(33)17(11-27)23(34)31-24-29-21(26)19(14-5-3-2-4-6-14)22(30-24)32-38(35,36)16-9-7-15(25)8-10-16/h2-10,12,33H,1H3,(H2,29,30,31,32,34). The van der Waals surface area contributed by atoms with Gasteiger partial charge in [0.1, 0.15) is 17.0 Å². The van der Waals surface area contributed by atoms with E-state index < -0.39 is 33.2 Å². The van der Waals surface area contributed by atoms with Crippen LogP contribution in [0, 0.1) is 18.3 Å². The number of halogens is 2. The van der Waals surface area contributed by atoms with E-state index in [4.69, 9.17) is 27.7 Å². The number of anilines is 2. The smallest absolute Gasteiger partial charge is 0.272 e. The summed E-state index contributed by atoms with van der Waals surface area (Å²) in [4.78, 5) is 20.9. The fourth-order valence-corrected chi connectivity index (χ4v) is 4.68. The van der Waals surface area contributed by atoms with Gasteiger partial charge in [-0.15, -0.1) is 0 Å². The lowest BCUT2D eigenvalue weighted by Crippen LogP contribution is -2.19. The number of sulfonamides is 1. The zero-order valence-electron chi connectivity index (χ0n) is 19.3. The Morgan fingerprint density at radius 1 is 1.08 bits per heavy atom. The maximum Gasteiger partial charge on any atom is 0.272 e. The van der Waals surface area contributed by atoms with Crippen LogP contribution in [0.4, 0.5) is 11.8 Å². The minimum atomic E-state index is -4.18. The molecule has 11 nitrogen and oxygen atoms in total. The Balaban J connectivity index is 1.77. The lowest BCUT2D eigenvalue weighted by molar-refractivity contribution is -0.112. The number of hydrogen-bond acceptors (Lipinski definition) is 9. The predicted octanol–water partition coefficient (Wildman–Crippen LogP) is 4.98. The molecule has 0 bridgehead atoms. The number of aromatic nitrogens is 3. The molecule has 192 valence electrons. The molecule has 14 heteroatoms. The molecule has 0 unspecified atom stereocenters. The normalized spacial score (nSPS) is 11.8. The Kier molecular flexibility index (Phi) is 7.63. The number of hydrogen-bond donors (Lipinski definition) is 3. The number of amides is 1. The van der Waals surface area contributed by atoms with Gasteiger partial charge in [-0.25, -0.2) is 8.42 Å². The van der Waals surface area contributed by atoms with Gasteiger partial charge in [-0.3, -0.25) is 14.8 Å². The summed E-state index contributed by atoms with van der Waals surface area (Å²) >= 11 is 12.3.